The molecule has 0 atom stereocenters. The lowest BCUT2D eigenvalue weighted by molar-refractivity contribution is 0.670. The van der Waals surface area contributed by atoms with Crippen molar-refractivity contribution in [1.29, 1.82) is 0 Å². The van der Waals surface area contributed by atoms with Crippen molar-refractivity contribution in [2.45, 2.75) is 0 Å². The predicted octanol–water partition coefficient (Wildman–Crippen LogP) is 20.9. The van der Waals surface area contributed by atoms with Crippen LogP contribution in [0, 0.1) is 0 Å². The van der Waals surface area contributed by atoms with Gasteiger partial charge in [-0.15, -0.1) is 22.7 Å². The van der Waals surface area contributed by atoms with Gasteiger partial charge in [0, 0.05) is 64.5 Å². The maximum absolute atomic E-state index is 6.76. The van der Waals surface area contributed by atoms with Crippen LogP contribution < -0.4 is 9.80 Å². The van der Waals surface area contributed by atoms with Crippen molar-refractivity contribution in [1.82, 2.24) is 0 Å². The van der Waals surface area contributed by atoms with Crippen LogP contribution in [0.25, 0.3) is 106 Å². The quantitative estimate of drug-likeness (QED) is 0.151. The standard InChI is InChI=1S/C68H42N2OS2/c1-3-17-51(18-4-1)69(61-27-13-25-57-55-23-7-9-29-65(55)72-67(57)61)53-21-11-15-43(37-53)45-31-33-47-39-59-60-40-48-34-32-46(36-50(48)42-64(60)71-63(59)41-49(47)35-45)44-16-12-22-54(38-44)70(52-19-5-2-6-20-52)62-28-14-26-58-56-24-8-10-30-66(56)73-68(58)62/h1-42H. The Morgan fingerprint density at radius 2 is 0.658 bits per heavy atom. The Labute approximate surface area is 429 Å². The number of hydrogen-bond acceptors (Lipinski definition) is 5. The number of rotatable bonds is 8. The number of benzene rings is 12. The van der Waals surface area contributed by atoms with E-state index < -0.39 is 0 Å². The van der Waals surface area contributed by atoms with Crippen LogP contribution in [0.5, 0.6) is 0 Å². The van der Waals surface area contributed by atoms with Gasteiger partial charge in [-0.3, -0.25) is 0 Å². The zero-order chi connectivity index (χ0) is 48.0. The summed E-state index contributed by atoms with van der Waals surface area (Å²) in [5.41, 5.74) is 13.2. The lowest BCUT2D eigenvalue weighted by Crippen LogP contribution is -2.10. The Kier molecular flexibility index (Phi) is 9.62. The van der Waals surface area contributed by atoms with Gasteiger partial charge in [0.2, 0.25) is 0 Å². The van der Waals surface area contributed by atoms with E-state index in [1.54, 1.807) is 0 Å². The van der Waals surface area contributed by atoms with E-state index in [1.807, 2.05) is 22.7 Å². The van der Waals surface area contributed by atoms with Crippen LogP contribution in [0.1, 0.15) is 0 Å². The first-order valence-corrected chi connectivity index (χ1v) is 26.3. The predicted molar refractivity (Wildman–Crippen MR) is 315 cm³/mol. The summed E-state index contributed by atoms with van der Waals surface area (Å²) in [5.74, 6) is 0. The molecule has 5 heteroatoms. The van der Waals surface area contributed by atoms with Crippen molar-refractivity contribution >= 4 is 141 Å². The van der Waals surface area contributed by atoms with Crippen LogP contribution in [0.3, 0.4) is 0 Å². The van der Waals surface area contributed by atoms with Gasteiger partial charge < -0.3 is 14.2 Å². The van der Waals surface area contributed by atoms with E-state index in [0.717, 1.165) is 77.7 Å². The molecule has 12 aromatic carbocycles. The second-order valence-electron chi connectivity index (χ2n) is 18.9. The number of thiophene rings is 2. The molecule has 342 valence electrons. The zero-order valence-corrected chi connectivity index (χ0v) is 41.0. The molecule has 15 aromatic rings. The van der Waals surface area contributed by atoms with Gasteiger partial charge in [0.05, 0.1) is 20.8 Å². The van der Waals surface area contributed by atoms with E-state index in [2.05, 4.69) is 265 Å². The Hall–Kier alpha value is -9.00. The molecule has 0 fully saturated rings. The smallest absolute Gasteiger partial charge is 0.136 e. The minimum atomic E-state index is 0.887. The lowest BCUT2D eigenvalue weighted by Gasteiger charge is -2.26. The maximum Gasteiger partial charge on any atom is 0.136 e. The summed E-state index contributed by atoms with van der Waals surface area (Å²) in [6.07, 6.45) is 0. The summed E-state index contributed by atoms with van der Waals surface area (Å²) in [6.45, 7) is 0. The van der Waals surface area contributed by atoms with Gasteiger partial charge in [-0.2, -0.15) is 0 Å². The van der Waals surface area contributed by atoms with Crippen LogP contribution in [0.2, 0.25) is 0 Å². The van der Waals surface area contributed by atoms with Crippen LogP contribution >= 0.6 is 22.7 Å². The molecule has 3 heterocycles. The molecule has 0 radical (unpaired) electrons. The van der Waals surface area contributed by atoms with E-state index in [-0.39, 0.29) is 0 Å². The molecule has 0 bridgehead atoms. The second-order valence-corrected chi connectivity index (χ2v) is 21.0. The molecule has 0 amide bonds. The number of anilines is 6. The summed E-state index contributed by atoms with van der Waals surface area (Å²) in [5, 5.41) is 12.1. The Morgan fingerprint density at radius 3 is 1.14 bits per heavy atom. The fraction of sp³-hybridized carbons (Fsp3) is 0. The van der Waals surface area contributed by atoms with Crippen LogP contribution in [-0.4, -0.2) is 0 Å². The number of hydrogen-bond donors (Lipinski definition) is 0. The summed E-state index contributed by atoms with van der Waals surface area (Å²) >= 11 is 3.72. The van der Waals surface area contributed by atoms with Gasteiger partial charge in [-0.1, -0.05) is 146 Å². The van der Waals surface area contributed by atoms with Gasteiger partial charge in [0.25, 0.3) is 0 Å². The second kappa shape index (κ2) is 16.8. The van der Waals surface area contributed by atoms with Gasteiger partial charge in [-0.25, -0.2) is 0 Å². The van der Waals surface area contributed by atoms with Crippen molar-refractivity contribution in [3.63, 3.8) is 0 Å². The number of nitrogens with zero attached hydrogens (tertiary/aromatic N) is 2. The SMILES string of the molecule is c1ccc(N(c2cccc(-c3ccc4cc5c(cc4c3)oc3cc4cc(-c6cccc(N(c7ccccc7)c7cccc8c7sc7ccccc78)c6)ccc4cc35)c2)c2cccc3c2sc2ccccc23)cc1. The highest BCUT2D eigenvalue weighted by Crippen LogP contribution is 2.48. The van der Waals surface area contributed by atoms with Crippen molar-refractivity contribution < 1.29 is 4.42 Å². The summed E-state index contributed by atoms with van der Waals surface area (Å²) in [4.78, 5) is 4.80. The van der Waals surface area contributed by atoms with Gasteiger partial charge in [0.15, 0.2) is 0 Å². The molecule has 15 rings (SSSR count). The summed E-state index contributed by atoms with van der Waals surface area (Å²) < 4.78 is 11.9. The fourth-order valence-electron chi connectivity index (χ4n) is 11.1. The highest BCUT2D eigenvalue weighted by Gasteiger charge is 2.21. The molecule has 3 nitrogen and oxygen atoms in total. The average Bonchev–Trinajstić information content (AvgIpc) is 4.14. The van der Waals surface area contributed by atoms with Crippen molar-refractivity contribution in [3.8, 4) is 22.3 Å². The molecule has 0 saturated carbocycles. The third-order valence-electron chi connectivity index (χ3n) is 14.5. The number of para-hydroxylation sites is 2. The van der Waals surface area contributed by atoms with Crippen LogP contribution in [0.4, 0.5) is 34.1 Å². The molecular weight excluding hydrogens is 925 g/mol. The molecule has 0 unspecified atom stereocenters. The number of fused-ring (bicyclic) bond motifs is 11. The largest absolute Gasteiger partial charge is 0.456 e. The molecule has 73 heavy (non-hydrogen) atoms. The number of furan rings is 1. The van der Waals surface area contributed by atoms with E-state index in [9.17, 15) is 0 Å². The third kappa shape index (κ3) is 7.00. The van der Waals surface area contributed by atoms with Gasteiger partial charge in [0.1, 0.15) is 11.2 Å². The highest BCUT2D eigenvalue weighted by molar-refractivity contribution is 7.26. The molecule has 0 spiro atoms. The highest BCUT2D eigenvalue weighted by atomic mass is 32.1. The van der Waals surface area contributed by atoms with Crippen LogP contribution in [0.15, 0.2) is 259 Å². The van der Waals surface area contributed by atoms with E-state index in [4.69, 9.17) is 4.42 Å². The monoisotopic (exact) mass is 966 g/mol. The molecule has 0 N–H and O–H groups in total. The summed E-state index contributed by atoms with van der Waals surface area (Å²) in [6, 6.07) is 92.8. The molecule has 0 aliphatic heterocycles. The lowest BCUT2D eigenvalue weighted by atomic mass is 9.97. The fourth-order valence-corrected chi connectivity index (χ4v) is 13.5. The van der Waals surface area contributed by atoms with E-state index in [1.165, 1.54) is 62.5 Å². The Morgan fingerprint density at radius 1 is 0.260 bits per heavy atom. The van der Waals surface area contributed by atoms with Crippen LogP contribution in [-0.2, 0) is 0 Å². The molecular formula is C68H42N2OS2. The molecule has 0 aliphatic rings. The topological polar surface area (TPSA) is 19.6 Å². The maximum atomic E-state index is 6.76. The zero-order valence-electron chi connectivity index (χ0n) is 39.4. The van der Waals surface area contributed by atoms with Gasteiger partial charge in [-0.05, 0) is 153 Å². The first-order chi connectivity index (χ1) is 36.1. The average molecular weight is 967 g/mol. The van der Waals surface area contributed by atoms with Crippen molar-refractivity contribution in [2.75, 3.05) is 9.80 Å². The Bertz CT molecular complexity index is 4350. The first kappa shape index (κ1) is 41.8. The molecule has 3 aromatic heterocycles. The molecule has 0 saturated heterocycles. The van der Waals surface area contributed by atoms with Crippen molar-refractivity contribution in [2.24, 2.45) is 0 Å². The first-order valence-electron chi connectivity index (χ1n) is 24.7. The van der Waals surface area contributed by atoms with Gasteiger partial charge >= 0.3 is 0 Å². The van der Waals surface area contributed by atoms with E-state index in [0.29, 0.717) is 0 Å². The minimum absolute atomic E-state index is 0.887. The summed E-state index contributed by atoms with van der Waals surface area (Å²) in [7, 11) is 0. The van der Waals surface area contributed by atoms with E-state index >= 15 is 0 Å². The Balaban J connectivity index is 0.782. The van der Waals surface area contributed by atoms with Crippen molar-refractivity contribution in [3.05, 3.63) is 255 Å². The normalized spacial score (nSPS) is 11.8. The minimum Gasteiger partial charge on any atom is -0.456 e. The molecule has 0 aliphatic carbocycles. The third-order valence-corrected chi connectivity index (χ3v) is 17.0.